The lowest BCUT2D eigenvalue weighted by Crippen LogP contribution is -2.36. The molecule has 21 heavy (non-hydrogen) atoms. The van der Waals surface area contributed by atoms with Gasteiger partial charge in [-0.3, -0.25) is 4.90 Å². The Bertz CT molecular complexity index is 476. The zero-order valence-corrected chi connectivity index (χ0v) is 15.1. The van der Waals surface area contributed by atoms with E-state index in [-0.39, 0.29) is 0 Å². The molecular formula is C17H26BrNO2. The molecule has 0 saturated carbocycles. The van der Waals surface area contributed by atoms with E-state index in [4.69, 9.17) is 9.47 Å². The number of methoxy groups -OCH3 is 2. The summed E-state index contributed by atoms with van der Waals surface area (Å²) in [7, 11) is 3.40. The van der Waals surface area contributed by atoms with Crippen molar-refractivity contribution >= 4 is 15.9 Å². The Balaban J connectivity index is 2.12. The van der Waals surface area contributed by atoms with Crippen molar-refractivity contribution in [2.75, 3.05) is 32.6 Å². The Hall–Kier alpha value is -0.740. The highest BCUT2D eigenvalue weighted by atomic mass is 79.9. The van der Waals surface area contributed by atoms with E-state index in [1.807, 2.05) is 0 Å². The first-order valence-corrected chi connectivity index (χ1v) is 8.73. The predicted molar refractivity (Wildman–Crippen MR) is 90.6 cm³/mol. The normalized spacial score (nSPS) is 16.7. The summed E-state index contributed by atoms with van der Waals surface area (Å²) in [4.78, 5) is 2.56. The number of benzene rings is 1. The highest BCUT2D eigenvalue weighted by molar-refractivity contribution is 9.09. The number of hydrogen-bond acceptors (Lipinski definition) is 3. The molecule has 1 aromatic carbocycles. The monoisotopic (exact) mass is 355 g/mol. The van der Waals surface area contributed by atoms with Gasteiger partial charge in [-0.25, -0.2) is 0 Å². The number of nitrogens with zero attached hydrogens (tertiary/aromatic N) is 1. The maximum Gasteiger partial charge on any atom is 0.161 e. The van der Waals surface area contributed by atoms with Gasteiger partial charge in [0.25, 0.3) is 0 Å². The van der Waals surface area contributed by atoms with Gasteiger partial charge in [0.05, 0.1) is 14.2 Å². The number of alkyl halides is 1. The van der Waals surface area contributed by atoms with Crippen LogP contribution >= 0.6 is 15.9 Å². The lowest BCUT2D eigenvalue weighted by atomic mass is 9.94. The third-order valence-electron chi connectivity index (χ3n) is 4.43. The summed E-state index contributed by atoms with van der Waals surface area (Å²) in [6.07, 6.45) is 1.09. The Labute approximate surface area is 136 Å². The molecule has 1 unspecified atom stereocenters. The van der Waals surface area contributed by atoms with E-state index in [1.165, 1.54) is 11.1 Å². The summed E-state index contributed by atoms with van der Waals surface area (Å²) >= 11 is 3.65. The van der Waals surface area contributed by atoms with Gasteiger partial charge in [-0.1, -0.05) is 29.8 Å². The third-order valence-corrected chi connectivity index (χ3v) is 5.26. The van der Waals surface area contributed by atoms with E-state index in [2.05, 4.69) is 46.8 Å². The van der Waals surface area contributed by atoms with Crippen LogP contribution < -0.4 is 9.47 Å². The molecule has 0 spiro atoms. The Kier molecular flexibility index (Phi) is 5.94. The van der Waals surface area contributed by atoms with E-state index < -0.39 is 0 Å². The van der Waals surface area contributed by atoms with Crippen molar-refractivity contribution in [2.45, 2.75) is 26.8 Å². The van der Waals surface area contributed by atoms with Crippen LogP contribution in [0.15, 0.2) is 12.1 Å². The smallest absolute Gasteiger partial charge is 0.161 e. The molecule has 0 bridgehead atoms. The van der Waals surface area contributed by atoms with Gasteiger partial charge in [0, 0.05) is 25.0 Å². The second-order valence-corrected chi connectivity index (χ2v) is 6.77. The average molecular weight is 356 g/mol. The highest BCUT2D eigenvalue weighted by Gasteiger charge is 2.22. The molecule has 3 nitrogen and oxygen atoms in total. The minimum Gasteiger partial charge on any atom is -0.493 e. The second-order valence-electron chi connectivity index (χ2n) is 6.12. The Morgan fingerprint density at radius 3 is 2.29 bits per heavy atom. The topological polar surface area (TPSA) is 21.7 Å². The van der Waals surface area contributed by atoms with Crippen LogP contribution in [-0.4, -0.2) is 37.5 Å². The fourth-order valence-corrected chi connectivity index (χ4v) is 3.82. The quantitative estimate of drug-likeness (QED) is 0.725. The van der Waals surface area contributed by atoms with Gasteiger partial charge < -0.3 is 9.47 Å². The van der Waals surface area contributed by atoms with Gasteiger partial charge in [0.1, 0.15) is 0 Å². The van der Waals surface area contributed by atoms with E-state index in [9.17, 15) is 0 Å². The molecule has 1 aromatic rings. The molecule has 1 aliphatic rings. The standard InChI is InChI=1S/C17H26BrNO2/c1-12(2)15(9-18)11-19-6-5-13-7-16(20-3)17(21-4)8-14(13)10-19/h7-8,12,15H,5-6,9-11H2,1-4H3. The van der Waals surface area contributed by atoms with Crippen LogP contribution in [0.25, 0.3) is 0 Å². The third kappa shape index (κ3) is 3.92. The number of halogens is 1. The predicted octanol–water partition coefficient (Wildman–Crippen LogP) is 3.73. The number of fused-ring (bicyclic) bond motifs is 1. The van der Waals surface area contributed by atoms with Crippen LogP contribution in [0.5, 0.6) is 11.5 Å². The summed E-state index contributed by atoms with van der Waals surface area (Å²) in [6, 6.07) is 4.27. The van der Waals surface area contributed by atoms with E-state index >= 15 is 0 Å². The zero-order valence-electron chi connectivity index (χ0n) is 13.5. The average Bonchev–Trinajstić information content (AvgIpc) is 2.50. The lowest BCUT2D eigenvalue weighted by molar-refractivity contribution is 0.198. The van der Waals surface area contributed by atoms with Crippen molar-refractivity contribution in [1.82, 2.24) is 4.90 Å². The molecule has 0 fully saturated rings. The first-order valence-electron chi connectivity index (χ1n) is 7.61. The summed E-state index contributed by atoms with van der Waals surface area (Å²) in [5.74, 6) is 3.08. The molecule has 1 aliphatic heterocycles. The van der Waals surface area contributed by atoms with Crippen molar-refractivity contribution in [3.05, 3.63) is 23.3 Å². The highest BCUT2D eigenvalue weighted by Crippen LogP contribution is 2.33. The van der Waals surface area contributed by atoms with Gasteiger partial charge in [-0.15, -0.1) is 0 Å². The molecule has 1 heterocycles. The van der Waals surface area contributed by atoms with Crippen molar-refractivity contribution in [3.8, 4) is 11.5 Å². The summed E-state index contributed by atoms with van der Waals surface area (Å²) < 4.78 is 10.8. The fourth-order valence-electron chi connectivity index (χ4n) is 2.87. The van der Waals surface area contributed by atoms with E-state index in [0.29, 0.717) is 11.8 Å². The minimum absolute atomic E-state index is 0.701. The molecule has 0 aliphatic carbocycles. The maximum absolute atomic E-state index is 5.43. The van der Waals surface area contributed by atoms with Gasteiger partial charge in [0.2, 0.25) is 0 Å². The first kappa shape index (κ1) is 16.6. The van der Waals surface area contributed by atoms with Gasteiger partial charge >= 0.3 is 0 Å². The molecule has 118 valence electrons. The molecule has 4 heteroatoms. The molecule has 0 aromatic heterocycles. The number of rotatable bonds is 6. The van der Waals surface area contributed by atoms with Crippen LogP contribution in [0.4, 0.5) is 0 Å². The van der Waals surface area contributed by atoms with Crippen LogP contribution in [0.2, 0.25) is 0 Å². The SMILES string of the molecule is COc1cc2c(cc1OC)CN(CC(CBr)C(C)C)CC2. The van der Waals surface area contributed by atoms with Crippen molar-refractivity contribution in [1.29, 1.82) is 0 Å². The van der Waals surface area contributed by atoms with Crippen molar-refractivity contribution in [3.63, 3.8) is 0 Å². The van der Waals surface area contributed by atoms with Crippen LogP contribution in [0, 0.1) is 11.8 Å². The summed E-state index contributed by atoms with van der Waals surface area (Å²) in [5.41, 5.74) is 2.76. The van der Waals surface area contributed by atoms with Gasteiger partial charge in [0.15, 0.2) is 11.5 Å². The van der Waals surface area contributed by atoms with Crippen molar-refractivity contribution < 1.29 is 9.47 Å². The zero-order chi connectivity index (χ0) is 15.4. The summed E-state index contributed by atoms with van der Waals surface area (Å²) in [6.45, 7) is 7.89. The molecule has 0 saturated heterocycles. The molecule has 0 amide bonds. The lowest BCUT2D eigenvalue weighted by Gasteiger charge is -2.33. The summed E-state index contributed by atoms with van der Waals surface area (Å²) in [5, 5.41) is 1.07. The van der Waals surface area contributed by atoms with Crippen LogP contribution in [-0.2, 0) is 13.0 Å². The van der Waals surface area contributed by atoms with Gasteiger partial charge in [-0.05, 0) is 41.5 Å². The molecule has 2 rings (SSSR count). The molecule has 0 N–H and O–H groups in total. The Morgan fingerprint density at radius 2 is 1.76 bits per heavy atom. The maximum atomic E-state index is 5.43. The van der Waals surface area contributed by atoms with Crippen molar-refractivity contribution in [2.24, 2.45) is 11.8 Å². The van der Waals surface area contributed by atoms with Crippen LogP contribution in [0.3, 0.4) is 0 Å². The van der Waals surface area contributed by atoms with Gasteiger partial charge in [-0.2, -0.15) is 0 Å². The minimum atomic E-state index is 0.701. The second kappa shape index (κ2) is 7.50. The van der Waals surface area contributed by atoms with E-state index in [0.717, 1.165) is 42.9 Å². The molecule has 0 radical (unpaired) electrons. The molecular weight excluding hydrogens is 330 g/mol. The van der Waals surface area contributed by atoms with Crippen LogP contribution in [0.1, 0.15) is 25.0 Å². The fraction of sp³-hybridized carbons (Fsp3) is 0.647. The Morgan fingerprint density at radius 1 is 1.14 bits per heavy atom. The van der Waals surface area contributed by atoms with E-state index in [1.54, 1.807) is 14.2 Å². The molecule has 1 atom stereocenters. The number of ether oxygens (including phenoxy) is 2. The number of hydrogen-bond donors (Lipinski definition) is 0. The first-order chi connectivity index (χ1) is 10.1. The largest absolute Gasteiger partial charge is 0.493 e.